The van der Waals surface area contributed by atoms with Gasteiger partial charge in [0, 0.05) is 6.42 Å². The molecule has 1 aliphatic rings. The lowest BCUT2D eigenvalue weighted by Crippen LogP contribution is -2.29. The molecule has 0 fully saturated rings. The third-order valence-electron chi connectivity index (χ3n) is 3.73. The van der Waals surface area contributed by atoms with Crippen LogP contribution in [-0.4, -0.2) is 12.4 Å². The lowest BCUT2D eigenvalue weighted by Gasteiger charge is -2.24. The van der Waals surface area contributed by atoms with Crippen LogP contribution in [0, 0.1) is 17.6 Å². The van der Waals surface area contributed by atoms with E-state index < -0.39 is 11.6 Å². The van der Waals surface area contributed by atoms with Gasteiger partial charge >= 0.3 is 0 Å². The summed E-state index contributed by atoms with van der Waals surface area (Å²) in [5.74, 6) is -1.52. The average molecular weight is 288 g/mol. The van der Waals surface area contributed by atoms with E-state index in [-0.39, 0.29) is 30.3 Å². The van der Waals surface area contributed by atoms with Crippen molar-refractivity contribution in [1.82, 2.24) is 0 Å². The van der Waals surface area contributed by atoms with Gasteiger partial charge in [0.25, 0.3) is 0 Å². The van der Waals surface area contributed by atoms with Crippen molar-refractivity contribution in [3.63, 3.8) is 0 Å². The van der Waals surface area contributed by atoms with E-state index in [2.05, 4.69) is 0 Å². The molecule has 4 heteroatoms. The molecule has 3 rings (SSSR count). The molecule has 1 unspecified atom stereocenters. The number of ether oxygens (including phenoxy) is 1. The third kappa shape index (κ3) is 2.79. The van der Waals surface area contributed by atoms with E-state index in [0.29, 0.717) is 6.42 Å². The van der Waals surface area contributed by atoms with E-state index in [4.69, 9.17) is 4.74 Å². The van der Waals surface area contributed by atoms with Crippen molar-refractivity contribution >= 4 is 5.78 Å². The molecule has 0 amide bonds. The molecule has 0 radical (unpaired) electrons. The summed E-state index contributed by atoms with van der Waals surface area (Å²) in [4.78, 5) is 12.3. The number of hydrogen-bond acceptors (Lipinski definition) is 2. The van der Waals surface area contributed by atoms with Gasteiger partial charge < -0.3 is 4.74 Å². The first kappa shape index (κ1) is 13.7. The highest BCUT2D eigenvalue weighted by atomic mass is 19.2. The number of benzene rings is 2. The van der Waals surface area contributed by atoms with Crippen LogP contribution in [0.25, 0.3) is 0 Å². The molecule has 0 saturated heterocycles. The summed E-state index contributed by atoms with van der Waals surface area (Å²) in [7, 11) is 0. The topological polar surface area (TPSA) is 26.3 Å². The number of Topliss-reactive ketones (excluding diaryl/α,β-unsaturated/α-hetero) is 1. The van der Waals surface area contributed by atoms with Crippen LogP contribution in [0.5, 0.6) is 5.75 Å². The van der Waals surface area contributed by atoms with Crippen LogP contribution in [0.4, 0.5) is 8.78 Å². The van der Waals surface area contributed by atoms with Gasteiger partial charge in [0.05, 0.1) is 12.5 Å². The van der Waals surface area contributed by atoms with Crippen molar-refractivity contribution in [3.05, 3.63) is 65.2 Å². The minimum absolute atomic E-state index is 0.0962. The molecule has 0 aromatic heterocycles. The highest BCUT2D eigenvalue weighted by molar-refractivity contribution is 5.84. The first-order chi connectivity index (χ1) is 10.1. The summed E-state index contributed by atoms with van der Waals surface area (Å²) in [6.07, 6.45) is 0.464. The molecule has 2 nitrogen and oxygen atoms in total. The van der Waals surface area contributed by atoms with Crippen LogP contribution < -0.4 is 4.74 Å². The zero-order chi connectivity index (χ0) is 14.8. The summed E-state index contributed by atoms with van der Waals surface area (Å²) in [6.45, 7) is 0.285. The van der Waals surface area contributed by atoms with Crippen molar-refractivity contribution in [2.75, 3.05) is 6.61 Å². The molecule has 0 saturated carbocycles. The Morgan fingerprint density at radius 1 is 1.14 bits per heavy atom. The summed E-state index contributed by atoms with van der Waals surface area (Å²) in [6, 6.07) is 11.4. The predicted molar refractivity (Wildman–Crippen MR) is 74.2 cm³/mol. The van der Waals surface area contributed by atoms with Crippen LogP contribution in [0.2, 0.25) is 0 Å². The standard InChI is InChI=1S/C17H14F2O2/c18-14-6-3-5-12(17(14)19)9-15(20)13-8-11-4-1-2-7-16(11)21-10-13/h1-7,13H,8-10H2. The molecule has 0 bridgehead atoms. The Bertz CT molecular complexity index is 682. The summed E-state index contributed by atoms with van der Waals surface area (Å²) in [5, 5.41) is 0. The van der Waals surface area contributed by atoms with Crippen LogP contribution >= 0.6 is 0 Å². The molecule has 1 atom stereocenters. The summed E-state index contributed by atoms with van der Waals surface area (Å²) < 4.78 is 32.3. The molecule has 1 heterocycles. The monoisotopic (exact) mass is 288 g/mol. The highest BCUT2D eigenvalue weighted by Gasteiger charge is 2.26. The Hall–Kier alpha value is -2.23. The SMILES string of the molecule is O=C(Cc1cccc(F)c1F)C1COc2ccccc2C1. The number of rotatable bonds is 3. The Balaban J connectivity index is 1.74. The Morgan fingerprint density at radius 3 is 2.81 bits per heavy atom. The molecular formula is C17H14F2O2. The second-order valence-electron chi connectivity index (χ2n) is 5.18. The predicted octanol–water partition coefficient (Wildman–Crippen LogP) is 3.33. The number of hydrogen-bond donors (Lipinski definition) is 0. The van der Waals surface area contributed by atoms with Gasteiger partial charge in [-0.1, -0.05) is 30.3 Å². The van der Waals surface area contributed by atoms with Gasteiger partial charge in [-0.3, -0.25) is 4.79 Å². The van der Waals surface area contributed by atoms with Gasteiger partial charge in [-0.05, 0) is 29.7 Å². The zero-order valence-electron chi connectivity index (χ0n) is 11.3. The Kier molecular flexibility index (Phi) is 3.69. The molecule has 2 aromatic carbocycles. The number of para-hydroxylation sites is 1. The van der Waals surface area contributed by atoms with Crippen LogP contribution in [0.3, 0.4) is 0 Å². The smallest absolute Gasteiger partial charge is 0.162 e. The lowest BCUT2D eigenvalue weighted by atomic mass is 9.90. The van der Waals surface area contributed by atoms with E-state index in [9.17, 15) is 13.6 Å². The van der Waals surface area contributed by atoms with Gasteiger partial charge in [-0.15, -0.1) is 0 Å². The fourth-order valence-corrected chi connectivity index (χ4v) is 2.55. The van der Waals surface area contributed by atoms with Gasteiger partial charge in [-0.2, -0.15) is 0 Å². The van der Waals surface area contributed by atoms with Gasteiger partial charge in [0.2, 0.25) is 0 Å². The number of halogens is 2. The maximum atomic E-state index is 13.6. The van der Waals surface area contributed by atoms with Crippen molar-refractivity contribution in [1.29, 1.82) is 0 Å². The second kappa shape index (κ2) is 5.64. The maximum Gasteiger partial charge on any atom is 0.162 e. The van der Waals surface area contributed by atoms with Gasteiger partial charge in [-0.25, -0.2) is 8.78 Å². The van der Waals surface area contributed by atoms with Crippen molar-refractivity contribution < 1.29 is 18.3 Å². The Morgan fingerprint density at radius 2 is 1.95 bits per heavy atom. The van der Waals surface area contributed by atoms with E-state index in [1.54, 1.807) is 0 Å². The Labute approximate surface area is 121 Å². The minimum atomic E-state index is -0.942. The summed E-state index contributed by atoms with van der Waals surface area (Å²) >= 11 is 0. The first-order valence-electron chi connectivity index (χ1n) is 6.81. The highest BCUT2D eigenvalue weighted by Crippen LogP contribution is 2.28. The normalized spacial score (nSPS) is 17.0. The molecule has 21 heavy (non-hydrogen) atoms. The molecule has 108 valence electrons. The largest absolute Gasteiger partial charge is 0.493 e. The molecule has 0 N–H and O–H groups in total. The fourth-order valence-electron chi connectivity index (χ4n) is 2.55. The second-order valence-corrected chi connectivity index (χ2v) is 5.18. The number of carbonyl (C=O) groups excluding carboxylic acids is 1. The lowest BCUT2D eigenvalue weighted by molar-refractivity contribution is -0.123. The van der Waals surface area contributed by atoms with Crippen molar-refractivity contribution in [2.24, 2.45) is 5.92 Å². The van der Waals surface area contributed by atoms with Crippen LogP contribution in [0.15, 0.2) is 42.5 Å². The van der Waals surface area contributed by atoms with E-state index >= 15 is 0 Å². The fraction of sp³-hybridized carbons (Fsp3) is 0.235. The molecule has 2 aromatic rings. The third-order valence-corrected chi connectivity index (χ3v) is 3.73. The van der Waals surface area contributed by atoms with Crippen molar-refractivity contribution in [3.8, 4) is 5.75 Å². The van der Waals surface area contributed by atoms with Gasteiger partial charge in [0.15, 0.2) is 11.6 Å². The van der Waals surface area contributed by atoms with Crippen molar-refractivity contribution in [2.45, 2.75) is 12.8 Å². The van der Waals surface area contributed by atoms with E-state index in [0.717, 1.165) is 17.4 Å². The number of ketones is 1. The zero-order valence-corrected chi connectivity index (χ0v) is 11.3. The number of fused-ring (bicyclic) bond motifs is 1. The van der Waals surface area contributed by atoms with Crippen LogP contribution in [0.1, 0.15) is 11.1 Å². The molecular weight excluding hydrogens is 274 g/mol. The maximum absolute atomic E-state index is 13.6. The molecule has 0 spiro atoms. The minimum Gasteiger partial charge on any atom is -0.493 e. The van der Waals surface area contributed by atoms with E-state index in [1.165, 1.54) is 12.1 Å². The summed E-state index contributed by atoms with van der Waals surface area (Å²) in [5.41, 5.74) is 1.07. The molecule has 0 aliphatic carbocycles. The number of carbonyl (C=O) groups is 1. The molecule has 1 aliphatic heterocycles. The van der Waals surface area contributed by atoms with Gasteiger partial charge in [0.1, 0.15) is 11.5 Å². The van der Waals surface area contributed by atoms with E-state index in [1.807, 2.05) is 24.3 Å². The first-order valence-corrected chi connectivity index (χ1v) is 6.81. The quantitative estimate of drug-likeness (QED) is 0.866. The van der Waals surface area contributed by atoms with Crippen LogP contribution in [-0.2, 0) is 17.6 Å². The average Bonchev–Trinajstić information content (AvgIpc) is 2.51.